The molecule has 2 rings (SSSR count). The van der Waals surface area contributed by atoms with Crippen molar-refractivity contribution in [2.24, 2.45) is 0 Å². The molecule has 0 atom stereocenters. The smallest absolute Gasteiger partial charge is 0.271 e. The number of hydrogen-bond acceptors (Lipinski definition) is 4. The van der Waals surface area contributed by atoms with Gasteiger partial charge < -0.3 is 10.1 Å². The maximum atomic E-state index is 13.6. The summed E-state index contributed by atoms with van der Waals surface area (Å²) in [6.07, 6.45) is 0. The van der Waals surface area contributed by atoms with Crippen LogP contribution in [0.1, 0.15) is 11.1 Å². The zero-order valence-corrected chi connectivity index (χ0v) is 11.7. The summed E-state index contributed by atoms with van der Waals surface area (Å²) in [6.45, 7) is 2.28. The lowest BCUT2D eigenvalue weighted by atomic mass is 10.1. The number of methoxy groups -OCH3 is 1. The van der Waals surface area contributed by atoms with Crippen LogP contribution < -0.4 is 10.1 Å². The zero-order chi connectivity index (χ0) is 15.4. The number of halogens is 1. The fourth-order valence-electron chi connectivity index (χ4n) is 2.01. The Bertz CT molecular complexity index is 674. The lowest BCUT2D eigenvalue weighted by Crippen LogP contribution is -2.03. The number of nitro groups is 1. The van der Waals surface area contributed by atoms with Crippen molar-refractivity contribution in [1.82, 2.24) is 0 Å². The highest BCUT2D eigenvalue weighted by Gasteiger charge is 2.10. The molecule has 5 nitrogen and oxygen atoms in total. The monoisotopic (exact) mass is 290 g/mol. The molecule has 0 unspecified atom stereocenters. The molecule has 0 radical (unpaired) electrons. The van der Waals surface area contributed by atoms with Gasteiger partial charge in [-0.3, -0.25) is 10.1 Å². The Labute approximate surface area is 121 Å². The number of nitro benzene ring substituents is 1. The Morgan fingerprint density at radius 3 is 2.67 bits per heavy atom. The van der Waals surface area contributed by atoms with E-state index in [2.05, 4.69) is 5.32 Å². The minimum atomic E-state index is -0.553. The van der Waals surface area contributed by atoms with Gasteiger partial charge in [0.2, 0.25) is 0 Å². The van der Waals surface area contributed by atoms with Crippen LogP contribution in [0.4, 0.5) is 15.8 Å². The number of ether oxygens (including phenoxy) is 1. The second-order valence-electron chi connectivity index (χ2n) is 4.58. The summed E-state index contributed by atoms with van der Waals surface area (Å²) in [5.41, 5.74) is 1.86. The average molecular weight is 290 g/mol. The van der Waals surface area contributed by atoms with Crippen LogP contribution in [0.2, 0.25) is 0 Å². The minimum Gasteiger partial charge on any atom is -0.496 e. The van der Waals surface area contributed by atoms with Gasteiger partial charge in [-0.15, -0.1) is 0 Å². The first-order chi connectivity index (χ1) is 10.0. The van der Waals surface area contributed by atoms with Crippen molar-refractivity contribution >= 4 is 11.4 Å². The summed E-state index contributed by atoms with van der Waals surface area (Å²) in [4.78, 5) is 10.1. The van der Waals surface area contributed by atoms with Crippen LogP contribution in [0.15, 0.2) is 36.4 Å². The maximum absolute atomic E-state index is 13.6. The van der Waals surface area contributed by atoms with Gasteiger partial charge in [-0.25, -0.2) is 4.39 Å². The van der Waals surface area contributed by atoms with Crippen molar-refractivity contribution < 1.29 is 14.1 Å². The Morgan fingerprint density at radius 2 is 2.05 bits per heavy atom. The number of nitrogens with zero attached hydrogens (tertiary/aromatic N) is 1. The molecule has 2 aromatic carbocycles. The molecule has 0 amide bonds. The van der Waals surface area contributed by atoms with Crippen molar-refractivity contribution in [3.05, 3.63) is 63.5 Å². The summed E-state index contributed by atoms with van der Waals surface area (Å²) in [5.74, 6) is 0.256. The van der Waals surface area contributed by atoms with Crippen LogP contribution in [0.5, 0.6) is 5.75 Å². The highest BCUT2D eigenvalue weighted by atomic mass is 19.1. The summed E-state index contributed by atoms with van der Waals surface area (Å²) < 4.78 is 18.8. The van der Waals surface area contributed by atoms with Crippen LogP contribution in [-0.2, 0) is 6.54 Å². The van der Waals surface area contributed by atoms with Gasteiger partial charge in [0.05, 0.1) is 17.7 Å². The molecule has 0 saturated heterocycles. The van der Waals surface area contributed by atoms with Gasteiger partial charge in [0.15, 0.2) is 0 Å². The fourth-order valence-corrected chi connectivity index (χ4v) is 2.01. The summed E-state index contributed by atoms with van der Waals surface area (Å²) in [5, 5.41) is 13.6. The predicted octanol–water partition coefficient (Wildman–Crippen LogP) is 3.66. The normalized spacial score (nSPS) is 10.2. The standard InChI is InChI=1S/C15H15FN2O3/c1-10-7-11(3-6-15(10)21-2)9-17-14-8-12(18(19)20)4-5-13(14)16/h3-8,17H,9H2,1-2H3. The van der Waals surface area contributed by atoms with Gasteiger partial charge in [-0.2, -0.15) is 0 Å². The van der Waals surface area contributed by atoms with Gasteiger partial charge >= 0.3 is 0 Å². The van der Waals surface area contributed by atoms with Crippen molar-refractivity contribution in [3.63, 3.8) is 0 Å². The van der Waals surface area contributed by atoms with Gasteiger partial charge in [0, 0.05) is 18.7 Å². The largest absolute Gasteiger partial charge is 0.496 e. The quantitative estimate of drug-likeness (QED) is 0.674. The lowest BCUT2D eigenvalue weighted by Gasteiger charge is -2.10. The summed E-state index contributed by atoms with van der Waals surface area (Å²) in [6, 6.07) is 9.01. The molecule has 0 aliphatic rings. The molecule has 0 bridgehead atoms. The van der Waals surface area contributed by atoms with Gasteiger partial charge in [-0.1, -0.05) is 12.1 Å². The van der Waals surface area contributed by atoms with Crippen LogP contribution in [0.3, 0.4) is 0 Å². The second kappa shape index (κ2) is 6.21. The molecule has 6 heteroatoms. The maximum Gasteiger partial charge on any atom is 0.271 e. The SMILES string of the molecule is COc1ccc(CNc2cc([N+](=O)[O-])ccc2F)cc1C. The zero-order valence-electron chi connectivity index (χ0n) is 11.7. The molecule has 1 N–H and O–H groups in total. The fraction of sp³-hybridized carbons (Fsp3) is 0.200. The van der Waals surface area contributed by atoms with E-state index in [0.29, 0.717) is 6.54 Å². The molecular weight excluding hydrogens is 275 g/mol. The van der Waals surface area contributed by atoms with Gasteiger partial charge in [-0.05, 0) is 30.2 Å². The van der Waals surface area contributed by atoms with E-state index in [9.17, 15) is 14.5 Å². The van der Waals surface area contributed by atoms with Crippen LogP contribution in [0, 0.1) is 22.9 Å². The van der Waals surface area contributed by atoms with Gasteiger partial charge in [0.25, 0.3) is 5.69 Å². The first-order valence-electron chi connectivity index (χ1n) is 6.32. The molecule has 0 saturated carbocycles. The van der Waals surface area contributed by atoms with E-state index in [1.165, 1.54) is 6.07 Å². The second-order valence-corrected chi connectivity index (χ2v) is 4.58. The van der Waals surface area contributed by atoms with E-state index in [-0.39, 0.29) is 11.4 Å². The number of aryl methyl sites for hydroxylation is 1. The highest BCUT2D eigenvalue weighted by molar-refractivity contribution is 5.52. The predicted molar refractivity (Wildman–Crippen MR) is 78.1 cm³/mol. The number of nitrogens with one attached hydrogen (secondary N) is 1. The number of rotatable bonds is 5. The molecule has 0 aliphatic carbocycles. The van der Waals surface area contributed by atoms with Crippen molar-refractivity contribution in [2.75, 3.05) is 12.4 Å². The lowest BCUT2D eigenvalue weighted by molar-refractivity contribution is -0.384. The number of anilines is 1. The molecule has 21 heavy (non-hydrogen) atoms. The molecule has 110 valence electrons. The third-order valence-electron chi connectivity index (χ3n) is 3.10. The Morgan fingerprint density at radius 1 is 1.29 bits per heavy atom. The molecule has 2 aromatic rings. The third-order valence-corrected chi connectivity index (χ3v) is 3.10. The van der Waals surface area contributed by atoms with E-state index in [0.717, 1.165) is 29.0 Å². The van der Waals surface area contributed by atoms with Crippen molar-refractivity contribution in [1.29, 1.82) is 0 Å². The average Bonchev–Trinajstić information content (AvgIpc) is 2.46. The Kier molecular flexibility index (Phi) is 4.37. The first-order valence-corrected chi connectivity index (χ1v) is 6.32. The molecule has 0 heterocycles. The third kappa shape index (κ3) is 3.47. The molecule has 0 aliphatic heterocycles. The van der Waals surface area contributed by atoms with Crippen LogP contribution >= 0.6 is 0 Å². The first kappa shape index (κ1) is 14.8. The molecule has 0 fully saturated rings. The van der Waals surface area contributed by atoms with E-state index in [1.54, 1.807) is 7.11 Å². The van der Waals surface area contributed by atoms with Crippen LogP contribution in [-0.4, -0.2) is 12.0 Å². The number of non-ortho nitro benzene ring substituents is 1. The van der Waals surface area contributed by atoms with E-state index < -0.39 is 10.7 Å². The van der Waals surface area contributed by atoms with Crippen molar-refractivity contribution in [2.45, 2.75) is 13.5 Å². The van der Waals surface area contributed by atoms with Crippen molar-refractivity contribution in [3.8, 4) is 5.75 Å². The number of benzene rings is 2. The van der Waals surface area contributed by atoms with Crippen LogP contribution in [0.25, 0.3) is 0 Å². The van der Waals surface area contributed by atoms with E-state index in [4.69, 9.17) is 4.74 Å². The summed E-state index contributed by atoms with van der Waals surface area (Å²) in [7, 11) is 1.60. The molecular formula is C15H15FN2O3. The van der Waals surface area contributed by atoms with E-state index >= 15 is 0 Å². The minimum absolute atomic E-state index is 0.109. The highest BCUT2D eigenvalue weighted by Crippen LogP contribution is 2.23. The Hall–Kier alpha value is -2.63. The van der Waals surface area contributed by atoms with E-state index in [1.807, 2.05) is 25.1 Å². The topological polar surface area (TPSA) is 64.4 Å². The number of hydrogen-bond donors (Lipinski definition) is 1. The molecule has 0 aromatic heterocycles. The summed E-state index contributed by atoms with van der Waals surface area (Å²) >= 11 is 0. The molecule has 0 spiro atoms. The Balaban J connectivity index is 2.14. The van der Waals surface area contributed by atoms with Gasteiger partial charge in [0.1, 0.15) is 11.6 Å².